The molecule has 2 fully saturated rings. The number of carbonyl (C=O) groups excluding carboxylic acids is 1. The minimum atomic E-state index is -3.01. The van der Waals surface area contributed by atoms with Crippen LogP contribution in [0, 0.1) is 5.92 Å². The van der Waals surface area contributed by atoms with Crippen LogP contribution in [0.2, 0.25) is 0 Å². The highest BCUT2D eigenvalue weighted by Crippen LogP contribution is 2.34. The Morgan fingerprint density at radius 1 is 1.45 bits per heavy atom. The Hall–Kier alpha value is -1.54. The zero-order valence-electron chi connectivity index (χ0n) is 12.1. The van der Waals surface area contributed by atoms with Gasteiger partial charge in [-0.25, -0.2) is 13.8 Å². The van der Waals surface area contributed by atoms with Crippen LogP contribution >= 0.6 is 0 Å². The topological polar surface area (TPSA) is 67.5 Å². The molecule has 2 aliphatic rings. The van der Waals surface area contributed by atoms with Crippen molar-refractivity contribution in [1.82, 2.24) is 14.9 Å². The first-order chi connectivity index (χ1) is 10.6. The molecule has 1 aromatic heterocycles. The normalized spacial score (nSPS) is 29.1. The molecule has 2 atom stereocenters. The van der Waals surface area contributed by atoms with E-state index in [0.29, 0.717) is 18.9 Å². The van der Waals surface area contributed by atoms with E-state index in [4.69, 9.17) is 9.47 Å². The van der Waals surface area contributed by atoms with E-state index in [-0.39, 0.29) is 19.1 Å². The van der Waals surface area contributed by atoms with Gasteiger partial charge >= 0.3 is 0 Å². The van der Waals surface area contributed by atoms with Crippen LogP contribution in [0.1, 0.15) is 24.8 Å². The van der Waals surface area contributed by atoms with Gasteiger partial charge in [-0.15, -0.1) is 0 Å². The zero-order chi connectivity index (χ0) is 15.6. The molecule has 6 nitrogen and oxygen atoms in total. The van der Waals surface area contributed by atoms with Gasteiger partial charge in [-0.2, -0.15) is 0 Å². The number of halogens is 2. The molecule has 1 amide bonds. The lowest BCUT2D eigenvalue weighted by Crippen LogP contribution is -2.46. The average molecular weight is 315 g/mol. The van der Waals surface area contributed by atoms with Crippen LogP contribution in [0.5, 0.6) is 0 Å². The highest BCUT2D eigenvalue weighted by Gasteiger charge is 2.41. The molecule has 0 aliphatic carbocycles. The molecule has 0 aromatic carbocycles. The third-order valence-electron chi connectivity index (χ3n) is 3.98. The molecule has 1 N–H and O–H groups in total. The van der Waals surface area contributed by atoms with E-state index in [1.165, 1.54) is 4.90 Å². The summed E-state index contributed by atoms with van der Waals surface area (Å²) in [6.45, 7) is -0.405. The molecule has 1 aromatic rings. The van der Waals surface area contributed by atoms with Crippen molar-refractivity contribution in [3.63, 3.8) is 0 Å². The van der Waals surface area contributed by atoms with E-state index in [1.54, 1.807) is 12.4 Å². The number of ether oxygens (including phenoxy) is 2. The predicted octanol–water partition coefficient (Wildman–Crippen LogP) is 1.37. The van der Waals surface area contributed by atoms with Gasteiger partial charge in [0, 0.05) is 25.5 Å². The zero-order valence-corrected chi connectivity index (χ0v) is 12.1. The van der Waals surface area contributed by atoms with Crippen LogP contribution in [-0.2, 0) is 14.3 Å². The molecule has 0 saturated carbocycles. The first kappa shape index (κ1) is 15.4. The molecule has 22 heavy (non-hydrogen) atoms. The molecule has 0 spiro atoms. The molecular weight excluding hydrogens is 296 g/mol. The molecule has 2 aliphatic heterocycles. The van der Waals surface area contributed by atoms with Gasteiger partial charge in [0.25, 0.3) is 5.92 Å². The van der Waals surface area contributed by atoms with Gasteiger partial charge in [-0.05, 0) is 12.8 Å². The van der Waals surface area contributed by atoms with Gasteiger partial charge in [0.2, 0.25) is 5.91 Å². The first-order valence-corrected chi connectivity index (χ1v) is 7.42. The Morgan fingerprint density at radius 3 is 3.09 bits per heavy atom. The van der Waals surface area contributed by atoms with Crippen LogP contribution in [0.25, 0.3) is 0 Å². The van der Waals surface area contributed by atoms with Crippen molar-refractivity contribution >= 4 is 5.91 Å². The van der Waals surface area contributed by atoms with Crippen molar-refractivity contribution in [1.29, 1.82) is 0 Å². The summed E-state index contributed by atoms with van der Waals surface area (Å²) in [5.74, 6) is -3.25. The number of hydrogen-bond acceptors (Lipinski definition) is 4. The molecule has 2 saturated heterocycles. The van der Waals surface area contributed by atoms with Gasteiger partial charge in [-0.1, -0.05) is 0 Å². The maximum absolute atomic E-state index is 13.6. The third kappa shape index (κ3) is 3.27. The molecule has 0 bridgehead atoms. The number of nitrogens with one attached hydrogen (secondary N) is 1. The predicted molar refractivity (Wildman–Crippen MR) is 72.4 cm³/mol. The largest absolute Gasteiger partial charge is 0.373 e. The summed E-state index contributed by atoms with van der Waals surface area (Å²) in [7, 11) is 0. The standard InChI is InChI=1S/C14H19F2N3O3/c15-14(16)8-19(5-7-21-9-14)13(20)10-2-1-6-22-11(10)12-17-3-4-18-12/h3-4,10-11H,1-2,5-9H2,(H,17,18)/t10-,11-/m1/s1. The van der Waals surface area contributed by atoms with E-state index in [1.807, 2.05) is 0 Å². The third-order valence-corrected chi connectivity index (χ3v) is 3.98. The molecule has 8 heteroatoms. The number of H-pyrrole nitrogens is 1. The van der Waals surface area contributed by atoms with Crippen molar-refractivity contribution in [2.45, 2.75) is 24.9 Å². The second-order valence-corrected chi connectivity index (χ2v) is 5.68. The quantitative estimate of drug-likeness (QED) is 0.895. The van der Waals surface area contributed by atoms with Crippen molar-refractivity contribution < 1.29 is 23.0 Å². The Kier molecular flexibility index (Phi) is 4.39. The number of aromatic nitrogens is 2. The van der Waals surface area contributed by atoms with Crippen molar-refractivity contribution in [3.05, 3.63) is 18.2 Å². The molecular formula is C14H19F2N3O3. The highest BCUT2D eigenvalue weighted by atomic mass is 19.3. The number of aromatic amines is 1. The molecule has 122 valence electrons. The van der Waals surface area contributed by atoms with Gasteiger partial charge < -0.3 is 19.4 Å². The second kappa shape index (κ2) is 6.29. The fraction of sp³-hybridized carbons (Fsp3) is 0.714. The summed E-state index contributed by atoms with van der Waals surface area (Å²) >= 11 is 0. The lowest BCUT2D eigenvalue weighted by Gasteiger charge is -2.34. The fourth-order valence-electron chi connectivity index (χ4n) is 2.96. The van der Waals surface area contributed by atoms with Crippen LogP contribution in [0.15, 0.2) is 12.4 Å². The molecule has 0 radical (unpaired) electrons. The van der Waals surface area contributed by atoms with Gasteiger partial charge in [-0.3, -0.25) is 4.79 Å². The number of imidazole rings is 1. The molecule has 0 unspecified atom stereocenters. The second-order valence-electron chi connectivity index (χ2n) is 5.68. The summed E-state index contributed by atoms with van der Waals surface area (Å²) in [5, 5.41) is 0. The van der Waals surface area contributed by atoms with Crippen molar-refractivity contribution in [3.8, 4) is 0 Å². The van der Waals surface area contributed by atoms with Crippen LogP contribution < -0.4 is 0 Å². The highest BCUT2D eigenvalue weighted by molar-refractivity contribution is 5.79. The number of rotatable bonds is 2. The lowest BCUT2D eigenvalue weighted by molar-refractivity contribution is -0.150. The summed E-state index contributed by atoms with van der Waals surface area (Å²) in [6, 6.07) is 0. The van der Waals surface area contributed by atoms with E-state index in [0.717, 1.165) is 6.42 Å². The Bertz CT molecular complexity index is 509. The lowest BCUT2D eigenvalue weighted by atomic mass is 9.92. The van der Waals surface area contributed by atoms with Crippen LogP contribution in [0.3, 0.4) is 0 Å². The fourth-order valence-corrected chi connectivity index (χ4v) is 2.96. The number of amides is 1. The van der Waals surface area contributed by atoms with Gasteiger partial charge in [0.05, 0.1) is 19.1 Å². The maximum atomic E-state index is 13.6. The van der Waals surface area contributed by atoms with E-state index >= 15 is 0 Å². The summed E-state index contributed by atoms with van der Waals surface area (Å²) < 4.78 is 37.8. The molecule has 3 heterocycles. The van der Waals surface area contributed by atoms with Crippen LogP contribution in [-0.4, -0.2) is 59.6 Å². The van der Waals surface area contributed by atoms with Gasteiger partial charge in [0.1, 0.15) is 18.5 Å². The van der Waals surface area contributed by atoms with Gasteiger partial charge in [0.15, 0.2) is 0 Å². The SMILES string of the molecule is O=C([C@@H]1CCCO[C@H]1c1ncc[nH]1)N1CCOCC(F)(F)C1. The number of nitrogens with zero attached hydrogens (tertiary/aromatic N) is 2. The number of carbonyl (C=O) groups is 1. The summed E-state index contributed by atoms with van der Waals surface area (Å²) in [4.78, 5) is 21.0. The number of alkyl halides is 2. The Balaban J connectivity index is 1.76. The van der Waals surface area contributed by atoms with E-state index in [9.17, 15) is 13.6 Å². The average Bonchev–Trinajstić information content (AvgIpc) is 2.97. The summed E-state index contributed by atoms with van der Waals surface area (Å²) in [6.07, 6.45) is 4.07. The van der Waals surface area contributed by atoms with E-state index in [2.05, 4.69) is 9.97 Å². The summed E-state index contributed by atoms with van der Waals surface area (Å²) in [5.41, 5.74) is 0. The number of hydrogen-bond donors (Lipinski definition) is 1. The smallest absolute Gasteiger partial charge is 0.288 e. The monoisotopic (exact) mass is 315 g/mol. The van der Waals surface area contributed by atoms with E-state index < -0.39 is 31.1 Å². The maximum Gasteiger partial charge on any atom is 0.288 e. The minimum absolute atomic E-state index is 0.125. The Morgan fingerprint density at radius 2 is 2.32 bits per heavy atom. The molecule has 3 rings (SSSR count). The van der Waals surface area contributed by atoms with Crippen molar-refractivity contribution in [2.24, 2.45) is 5.92 Å². The first-order valence-electron chi connectivity index (χ1n) is 7.42. The van der Waals surface area contributed by atoms with Crippen molar-refractivity contribution in [2.75, 3.05) is 32.9 Å². The Labute approximate surface area is 126 Å². The van der Waals surface area contributed by atoms with Crippen LogP contribution in [0.4, 0.5) is 8.78 Å². The minimum Gasteiger partial charge on any atom is -0.373 e.